The van der Waals surface area contributed by atoms with E-state index in [0.717, 1.165) is 0 Å². The van der Waals surface area contributed by atoms with Crippen molar-refractivity contribution in [2.75, 3.05) is 13.2 Å². The Kier molecular flexibility index (Phi) is 2.94. The van der Waals surface area contributed by atoms with Crippen molar-refractivity contribution < 1.29 is 19.4 Å². The van der Waals surface area contributed by atoms with E-state index in [4.69, 9.17) is 9.47 Å². The molecular formula is C12H13O4-. The maximum Gasteiger partial charge on any atom is 0.177 e. The summed E-state index contributed by atoms with van der Waals surface area (Å²) in [5.74, 6) is -3.22. The molecule has 1 unspecified atom stereocenters. The monoisotopic (exact) mass is 221 g/mol. The molecule has 0 radical (unpaired) electrons. The van der Waals surface area contributed by atoms with Crippen molar-refractivity contribution in [3.63, 3.8) is 0 Å². The lowest BCUT2D eigenvalue weighted by Gasteiger charge is -2.33. The van der Waals surface area contributed by atoms with E-state index in [1.54, 1.807) is 31.2 Å². The summed E-state index contributed by atoms with van der Waals surface area (Å²) < 4.78 is 10.8. The van der Waals surface area contributed by atoms with Gasteiger partial charge in [-0.1, -0.05) is 30.3 Å². The molecule has 4 heteroatoms. The fourth-order valence-electron chi connectivity index (χ4n) is 2.00. The van der Waals surface area contributed by atoms with Crippen molar-refractivity contribution >= 4 is 5.97 Å². The zero-order valence-corrected chi connectivity index (χ0v) is 9.01. The van der Waals surface area contributed by atoms with Gasteiger partial charge < -0.3 is 19.4 Å². The first-order valence-corrected chi connectivity index (χ1v) is 5.17. The highest BCUT2D eigenvalue weighted by Crippen LogP contribution is 2.34. The molecule has 0 spiro atoms. The third kappa shape index (κ3) is 1.94. The first-order valence-electron chi connectivity index (χ1n) is 5.17. The summed E-state index contributed by atoms with van der Waals surface area (Å²) in [5, 5.41) is 11.2. The van der Waals surface area contributed by atoms with Crippen LogP contribution in [-0.4, -0.2) is 25.0 Å². The van der Waals surface area contributed by atoms with E-state index in [1.807, 2.05) is 6.07 Å². The lowest BCUT2D eigenvalue weighted by atomic mass is 9.91. The summed E-state index contributed by atoms with van der Waals surface area (Å²) in [6.45, 7) is 2.45. The van der Waals surface area contributed by atoms with Crippen molar-refractivity contribution in [2.45, 2.75) is 18.6 Å². The number of carboxylic acids is 1. The normalized spacial score (nSPS) is 20.6. The van der Waals surface area contributed by atoms with Gasteiger partial charge in [-0.25, -0.2) is 0 Å². The maximum atomic E-state index is 11.2. The Hall–Kier alpha value is -1.39. The second-order valence-corrected chi connectivity index (χ2v) is 3.88. The molecular weight excluding hydrogens is 208 g/mol. The molecule has 16 heavy (non-hydrogen) atoms. The molecule has 1 aliphatic heterocycles. The van der Waals surface area contributed by atoms with Crippen molar-refractivity contribution in [2.24, 2.45) is 0 Å². The predicted octanol–water partition coefficient (Wildman–Crippen LogP) is 0.283. The Morgan fingerprint density at radius 1 is 1.31 bits per heavy atom. The summed E-state index contributed by atoms with van der Waals surface area (Å²) in [6.07, 6.45) is 0. The highest BCUT2D eigenvalue weighted by Gasteiger charge is 2.41. The van der Waals surface area contributed by atoms with Gasteiger partial charge >= 0.3 is 0 Å². The van der Waals surface area contributed by atoms with Crippen LogP contribution >= 0.6 is 0 Å². The van der Waals surface area contributed by atoms with Gasteiger partial charge in [0.2, 0.25) is 0 Å². The average Bonchev–Trinajstić information content (AvgIpc) is 2.67. The minimum absolute atomic E-state index is 0.410. The molecule has 1 aromatic carbocycles. The molecule has 4 nitrogen and oxygen atoms in total. The number of hydrogen-bond acceptors (Lipinski definition) is 4. The maximum absolute atomic E-state index is 11.2. The number of hydrogen-bond donors (Lipinski definition) is 0. The van der Waals surface area contributed by atoms with Gasteiger partial charge in [-0.05, 0) is 12.5 Å². The van der Waals surface area contributed by atoms with Crippen molar-refractivity contribution in [1.29, 1.82) is 0 Å². The zero-order valence-electron chi connectivity index (χ0n) is 9.01. The lowest BCUT2D eigenvalue weighted by molar-refractivity contribution is -0.318. The van der Waals surface area contributed by atoms with Gasteiger partial charge in [-0.15, -0.1) is 0 Å². The van der Waals surface area contributed by atoms with E-state index in [1.165, 1.54) is 0 Å². The third-order valence-electron chi connectivity index (χ3n) is 2.75. The third-order valence-corrected chi connectivity index (χ3v) is 2.75. The Balaban J connectivity index is 2.34. The second-order valence-electron chi connectivity index (χ2n) is 3.88. The van der Waals surface area contributed by atoms with Crippen LogP contribution in [0.1, 0.15) is 18.4 Å². The van der Waals surface area contributed by atoms with Crippen LogP contribution in [0.15, 0.2) is 30.3 Å². The number of carbonyl (C=O) groups is 1. The number of benzene rings is 1. The molecule has 1 aliphatic rings. The van der Waals surface area contributed by atoms with Crippen LogP contribution in [-0.2, 0) is 14.3 Å². The van der Waals surface area contributed by atoms with Gasteiger partial charge in [-0.2, -0.15) is 0 Å². The fourth-order valence-corrected chi connectivity index (χ4v) is 2.00. The molecule has 0 bridgehead atoms. The molecule has 0 aliphatic carbocycles. The van der Waals surface area contributed by atoms with E-state index in [2.05, 4.69) is 0 Å². The molecule has 2 rings (SSSR count). The van der Waals surface area contributed by atoms with E-state index >= 15 is 0 Å². The summed E-state index contributed by atoms with van der Waals surface area (Å²) in [6, 6.07) is 8.86. The standard InChI is InChI=1S/C12H14O4/c1-12(15-7-8-16-12)10(11(13)14)9-5-3-2-4-6-9/h2-6,10H,7-8H2,1H3,(H,13,14)/p-1. The van der Waals surface area contributed by atoms with Gasteiger partial charge in [0.15, 0.2) is 5.79 Å². The van der Waals surface area contributed by atoms with Crippen molar-refractivity contribution in [3.8, 4) is 0 Å². The average molecular weight is 221 g/mol. The van der Waals surface area contributed by atoms with Crippen LogP contribution < -0.4 is 5.11 Å². The van der Waals surface area contributed by atoms with Crippen LogP contribution in [0.2, 0.25) is 0 Å². The zero-order chi connectivity index (χ0) is 11.6. The SMILES string of the molecule is CC1(C(C(=O)[O-])c2ccccc2)OCCO1. The molecule has 1 saturated heterocycles. The fraction of sp³-hybridized carbons (Fsp3) is 0.417. The first-order chi connectivity index (χ1) is 7.63. The number of rotatable bonds is 3. The summed E-state index contributed by atoms with van der Waals surface area (Å²) in [4.78, 5) is 11.2. The molecule has 0 aromatic heterocycles. The van der Waals surface area contributed by atoms with Gasteiger partial charge in [-0.3, -0.25) is 0 Å². The Morgan fingerprint density at radius 2 is 1.88 bits per heavy atom. The van der Waals surface area contributed by atoms with Crippen LogP contribution in [0.4, 0.5) is 0 Å². The molecule has 1 aromatic rings. The van der Waals surface area contributed by atoms with Crippen molar-refractivity contribution in [3.05, 3.63) is 35.9 Å². The smallest absolute Gasteiger partial charge is 0.177 e. The van der Waals surface area contributed by atoms with Gasteiger partial charge in [0, 0.05) is 0 Å². The number of aliphatic carboxylic acids is 1. The molecule has 1 heterocycles. The number of ether oxygens (including phenoxy) is 2. The minimum atomic E-state index is -1.18. The largest absolute Gasteiger partial charge is 0.549 e. The first kappa shape index (κ1) is 11.1. The van der Waals surface area contributed by atoms with Crippen LogP contribution in [0.3, 0.4) is 0 Å². The summed E-state index contributed by atoms with van der Waals surface area (Å²) in [5.41, 5.74) is 0.631. The molecule has 0 saturated carbocycles. The minimum Gasteiger partial charge on any atom is -0.549 e. The number of carbonyl (C=O) groups excluding carboxylic acids is 1. The molecule has 0 N–H and O–H groups in total. The topological polar surface area (TPSA) is 58.6 Å². The molecule has 1 atom stereocenters. The highest BCUT2D eigenvalue weighted by atomic mass is 16.7. The molecule has 86 valence electrons. The van der Waals surface area contributed by atoms with Gasteiger partial charge in [0.1, 0.15) is 0 Å². The highest BCUT2D eigenvalue weighted by molar-refractivity contribution is 5.75. The van der Waals surface area contributed by atoms with Crippen LogP contribution in [0.25, 0.3) is 0 Å². The van der Waals surface area contributed by atoms with Gasteiger partial charge in [0.05, 0.1) is 25.1 Å². The Morgan fingerprint density at radius 3 is 2.38 bits per heavy atom. The summed E-state index contributed by atoms with van der Waals surface area (Å²) >= 11 is 0. The number of carboxylic acid groups (broad SMARTS) is 1. The predicted molar refractivity (Wildman–Crippen MR) is 54.5 cm³/mol. The molecule has 1 fully saturated rings. The van der Waals surface area contributed by atoms with E-state index in [0.29, 0.717) is 18.8 Å². The Bertz CT molecular complexity index is 368. The van der Waals surface area contributed by atoms with Crippen LogP contribution in [0.5, 0.6) is 0 Å². The van der Waals surface area contributed by atoms with E-state index in [9.17, 15) is 9.90 Å². The lowest BCUT2D eigenvalue weighted by Crippen LogP contribution is -2.45. The summed E-state index contributed by atoms with van der Waals surface area (Å²) in [7, 11) is 0. The van der Waals surface area contributed by atoms with E-state index in [-0.39, 0.29) is 0 Å². The second kappa shape index (κ2) is 4.23. The van der Waals surface area contributed by atoms with Crippen molar-refractivity contribution in [1.82, 2.24) is 0 Å². The van der Waals surface area contributed by atoms with E-state index < -0.39 is 17.7 Å². The van der Waals surface area contributed by atoms with Crippen LogP contribution in [0, 0.1) is 0 Å². The quantitative estimate of drug-likeness (QED) is 0.735. The Labute approximate surface area is 93.8 Å². The molecule has 0 amide bonds. The van der Waals surface area contributed by atoms with Gasteiger partial charge in [0.25, 0.3) is 0 Å².